The molecule has 1 aromatic rings. The summed E-state index contributed by atoms with van der Waals surface area (Å²) in [7, 11) is 1.57. The summed E-state index contributed by atoms with van der Waals surface area (Å²) in [4.78, 5) is 25.8. The molecular formula is C14H22N4O3. The number of hydrogen-bond donors (Lipinski definition) is 1. The number of carbonyl (C=O) groups excluding carboxylic acids is 2. The molecule has 1 atom stereocenters. The molecule has 0 spiro atoms. The molecule has 7 nitrogen and oxygen atoms in total. The van der Waals surface area contributed by atoms with Crippen LogP contribution in [-0.4, -0.2) is 52.3 Å². The van der Waals surface area contributed by atoms with E-state index in [1.165, 1.54) is 0 Å². The summed E-state index contributed by atoms with van der Waals surface area (Å²) in [5.74, 6) is -0.540. The number of hydrogen-bond acceptors (Lipinski definition) is 4. The molecule has 21 heavy (non-hydrogen) atoms. The molecule has 1 unspecified atom stereocenters. The molecule has 0 bridgehead atoms. The molecule has 0 aromatic carbocycles. The van der Waals surface area contributed by atoms with E-state index in [4.69, 9.17) is 10.5 Å². The Kier molecular flexibility index (Phi) is 4.62. The normalized spacial score (nSPS) is 21.7. The summed E-state index contributed by atoms with van der Waals surface area (Å²) in [6.45, 7) is 3.58. The minimum Gasteiger partial charge on any atom is -0.382 e. The maximum absolute atomic E-state index is 12.7. The van der Waals surface area contributed by atoms with Gasteiger partial charge in [-0.2, -0.15) is 5.10 Å². The molecule has 2 heterocycles. The van der Waals surface area contributed by atoms with Gasteiger partial charge in [0, 0.05) is 26.4 Å². The van der Waals surface area contributed by atoms with Crippen molar-refractivity contribution >= 4 is 11.8 Å². The number of methoxy groups -OCH3 is 1. The molecule has 1 aromatic heterocycles. The third-order valence-corrected chi connectivity index (χ3v) is 3.96. The summed E-state index contributed by atoms with van der Waals surface area (Å²) < 4.78 is 6.95. The van der Waals surface area contributed by atoms with Crippen LogP contribution in [0, 0.1) is 0 Å². The Morgan fingerprint density at radius 1 is 1.52 bits per heavy atom. The zero-order valence-corrected chi connectivity index (χ0v) is 12.5. The topological polar surface area (TPSA) is 90.5 Å². The van der Waals surface area contributed by atoms with Crippen molar-refractivity contribution in [3.8, 4) is 0 Å². The van der Waals surface area contributed by atoms with Crippen LogP contribution in [0.25, 0.3) is 0 Å². The van der Waals surface area contributed by atoms with E-state index in [-0.39, 0.29) is 12.3 Å². The van der Waals surface area contributed by atoms with Crippen molar-refractivity contribution in [2.75, 3.05) is 20.3 Å². The summed E-state index contributed by atoms with van der Waals surface area (Å²) in [6.07, 6.45) is 4.96. The lowest BCUT2D eigenvalue weighted by Gasteiger charge is -2.37. The van der Waals surface area contributed by atoms with Gasteiger partial charge in [-0.3, -0.25) is 14.3 Å². The fraction of sp³-hybridized carbons (Fsp3) is 0.643. The van der Waals surface area contributed by atoms with E-state index in [0.29, 0.717) is 25.3 Å². The fourth-order valence-electron chi connectivity index (χ4n) is 3.04. The predicted octanol–water partition coefficient (Wildman–Crippen LogP) is 0.400. The molecule has 1 saturated heterocycles. The van der Waals surface area contributed by atoms with E-state index in [0.717, 1.165) is 12.8 Å². The van der Waals surface area contributed by atoms with Gasteiger partial charge >= 0.3 is 0 Å². The van der Waals surface area contributed by atoms with Crippen LogP contribution < -0.4 is 5.73 Å². The van der Waals surface area contributed by atoms with Crippen molar-refractivity contribution in [1.82, 2.24) is 14.7 Å². The van der Waals surface area contributed by atoms with E-state index >= 15 is 0 Å². The smallest absolute Gasteiger partial charge is 0.257 e. The Labute approximate surface area is 124 Å². The Morgan fingerprint density at radius 3 is 2.86 bits per heavy atom. The van der Waals surface area contributed by atoms with Gasteiger partial charge in [-0.15, -0.1) is 0 Å². The summed E-state index contributed by atoms with van der Waals surface area (Å²) in [5, 5.41) is 4.13. The Morgan fingerprint density at radius 2 is 2.29 bits per heavy atom. The second-order valence-electron chi connectivity index (χ2n) is 5.45. The highest BCUT2D eigenvalue weighted by Gasteiger charge is 2.45. The van der Waals surface area contributed by atoms with Gasteiger partial charge in [0.2, 0.25) is 5.91 Å². The zero-order valence-electron chi connectivity index (χ0n) is 12.5. The SMILES string of the molecule is CCn1cc(C(=O)N2CCCC2(COC)CC(N)=O)cn1. The number of ether oxygens (including phenoxy) is 1. The summed E-state index contributed by atoms with van der Waals surface area (Å²) in [6, 6.07) is 0. The average Bonchev–Trinajstić information content (AvgIpc) is 3.04. The second-order valence-corrected chi connectivity index (χ2v) is 5.45. The third kappa shape index (κ3) is 3.07. The molecule has 2 rings (SSSR count). The number of nitrogens with two attached hydrogens (primary N) is 1. The molecule has 0 radical (unpaired) electrons. The Balaban J connectivity index is 2.26. The van der Waals surface area contributed by atoms with Crippen molar-refractivity contribution in [1.29, 1.82) is 0 Å². The molecule has 1 aliphatic heterocycles. The Bertz CT molecular complexity index is 528. The van der Waals surface area contributed by atoms with Crippen molar-refractivity contribution in [3.63, 3.8) is 0 Å². The van der Waals surface area contributed by atoms with Crippen LogP contribution in [0.1, 0.15) is 36.5 Å². The van der Waals surface area contributed by atoms with Crippen molar-refractivity contribution in [2.24, 2.45) is 5.73 Å². The number of aromatic nitrogens is 2. The largest absolute Gasteiger partial charge is 0.382 e. The van der Waals surface area contributed by atoms with Gasteiger partial charge < -0.3 is 15.4 Å². The van der Waals surface area contributed by atoms with Crippen LogP contribution in [0.15, 0.2) is 12.4 Å². The van der Waals surface area contributed by atoms with Crippen LogP contribution in [-0.2, 0) is 16.1 Å². The molecule has 0 saturated carbocycles. The first-order valence-corrected chi connectivity index (χ1v) is 7.14. The summed E-state index contributed by atoms with van der Waals surface area (Å²) >= 11 is 0. The first-order valence-electron chi connectivity index (χ1n) is 7.14. The van der Waals surface area contributed by atoms with E-state index < -0.39 is 11.4 Å². The number of primary amides is 1. The van der Waals surface area contributed by atoms with Gasteiger partial charge in [-0.05, 0) is 19.8 Å². The average molecular weight is 294 g/mol. The number of aryl methyl sites for hydroxylation is 1. The van der Waals surface area contributed by atoms with Crippen LogP contribution in [0.4, 0.5) is 0 Å². The number of amides is 2. The minimum absolute atomic E-state index is 0.120. The summed E-state index contributed by atoms with van der Waals surface area (Å²) in [5.41, 5.74) is 5.26. The molecule has 0 aliphatic carbocycles. The van der Waals surface area contributed by atoms with Gasteiger partial charge in [0.05, 0.1) is 30.3 Å². The highest BCUT2D eigenvalue weighted by Crippen LogP contribution is 2.34. The van der Waals surface area contributed by atoms with E-state index in [9.17, 15) is 9.59 Å². The highest BCUT2D eigenvalue weighted by molar-refractivity contribution is 5.95. The monoisotopic (exact) mass is 294 g/mol. The van der Waals surface area contributed by atoms with E-state index in [1.807, 2.05) is 6.92 Å². The third-order valence-electron chi connectivity index (χ3n) is 3.96. The van der Waals surface area contributed by atoms with Crippen LogP contribution >= 0.6 is 0 Å². The van der Waals surface area contributed by atoms with Gasteiger partial charge in [-0.1, -0.05) is 0 Å². The van der Waals surface area contributed by atoms with E-state index in [1.54, 1.807) is 29.1 Å². The number of carbonyl (C=O) groups is 2. The quantitative estimate of drug-likeness (QED) is 0.822. The van der Waals surface area contributed by atoms with Crippen LogP contribution in [0.3, 0.4) is 0 Å². The van der Waals surface area contributed by atoms with Gasteiger partial charge in [0.1, 0.15) is 0 Å². The fourth-order valence-corrected chi connectivity index (χ4v) is 3.04. The molecule has 1 aliphatic rings. The molecule has 116 valence electrons. The molecule has 1 fully saturated rings. The number of rotatable bonds is 6. The van der Waals surface area contributed by atoms with E-state index in [2.05, 4.69) is 5.10 Å². The minimum atomic E-state index is -0.633. The first kappa shape index (κ1) is 15.5. The first-order chi connectivity index (χ1) is 10.0. The number of nitrogens with zero attached hydrogens (tertiary/aromatic N) is 3. The van der Waals surface area contributed by atoms with Crippen molar-refractivity contribution in [2.45, 2.75) is 38.3 Å². The maximum Gasteiger partial charge on any atom is 0.257 e. The standard InChI is InChI=1S/C14H22N4O3/c1-3-17-9-11(8-16-17)13(20)18-6-4-5-14(18,10-21-2)7-12(15)19/h8-9H,3-7,10H2,1-2H3,(H2,15,19). The molecule has 2 amide bonds. The lowest BCUT2D eigenvalue weighted by molar-refractivity contribution is -0.121. The maximum atomic E-state index is 12.7. The lowest BCUT2D eigenvalue weighted by Crippen LogP contribution is -2.52. The van der Waals surface area contributed by atoms with Gasteiger partial charge in [0.15, 0.2) is 0 Å². The lowest BCUT2D eigenvalue weighted by atomic mass is 9.92. The molecule has 7 heteroatoms. The van der Waals surface area contributed by atoms with Gasteiger partial charge in [-0.25, -0.2) is 0 Å². The van der Waals surface area contributed by atoms with Crippen molar-refractivity contribution in [3.05, 3.63) is 18.0 Å². The zero-order chi connectivity index (χ0) is 15.5. The van der Waals surface area contributed by atoms with Crippen LogP contribution in [0.5, 0.6) is 0 Å². The second kappa shape index (κ2) is 6.26. The Hall–Kier alpha value is -1.89. The molecular weight excluding hydrogens is 272 g/mol. The number of likely N-dealkylation sites (tertiary alicyclic amines) is 1. The van der Waals surface area contributed by atoms with Crippen LogP contribution in [0.2, 0.25) is 0 Å². The predicted molar refractivity (Wildman–Crippen MR) is 76.6 cm³/mol. The van der Waals surface area contributed by atoms with Gasteiger partial charge in [0.25, 0.3) is 5.91 Å². The molecule has 2 N–H and O–H groups in total. The highest BCUT2D eigenvalue weighted by atomic mass is 16.5. The van der Waals surface area contributed by atoms with Crippen molar-refractivity contribution < 1.29 is 14.3 Å².